The Kier molecular flexibility index (Phi) is 3.23. The molecule has 0 aliphatic carbocycles. The van der Waals surface area contributed by atoms with E-state index in [1.165, 1.54) is 0 Å². The highest BCUT2D eigenvalue weighted by Gasteiger charge is 2.28. The number of nitrogens with two attached hydrogens (primary N) is 1. The minimum Gasteiger partial charge on any atom is -0.399 e. The lowest BCUT2D eigenvalue weighted by Gasteiger charge is -2.12. The first-order valence-corrected chi connectivity index (χ1v) is 6.15. The second kappa shape index (κ2) is 4.67. The Morgan fingerprint density at radius 3 is 3.00 bits per heavy atom. The fraction of sp³-hybridized carbons (Fsp3) is 0.273. The number of carbonyl (C=O) groups excluding carboxylic acids is 2. The van der Waals surface area contributed by atoms with Crippen LogP contribution in [0.4, 0.5) is 16.2 Å². The van der Waals surface area contributed by atoms with Crippen LogP contribution in [0.5, 0.6) is 0 Å². The van der Waals surface area contributed by atoms with Gasteiger partial charge in [-0.3, -0.25) is 9.59 Å². The molecule has 1 aliphatic rings. The summed E-state index contributed by atoms with van der Waals surface area (Å²) in [4.78, 5) is 22.8. The minimum atomic E-state index is -0.465. The van der Waals surface area contributed by atoms with E-state index in [0.717, 1.165) is 17.3 Å². The molecule has 2 amide bonds. The second-order valence-electron chi connectivity index (χ2n) is 3.86. The smallest absolute Gasteiger partial charge is 0.279 e. The van der Waals surface area contributed by atoms with Crippen molar-refractivity contribution in [1.29, 1.82) is 0 Å². The third-order valence-corrected chi connectivity index (χ3v) is 3.39. The van der Waals surface area contributed by atoms with E-state index in [-0.39, 0.29) is 11.1 Å². The number of anilines is 2. The summed E-state index contributed by atoms with van der Waals surface area (Å²) in [5, 5.41) is 5.20. The van der Waals surface area contributed by atoms with Crippen LogP contribution in [0.15, 0.2) is 18.2 Å². The van der Waals surface area contributed by atoms with Gasteiger partial charge in [0.2, 0.25) is 5.91 Å². The van der Waals surface area contributed by atoms with Crippen LogP contribution in [-0.2, 0) is 4.79 Å². The molecule has 6 heteroatoms. The van der Waals surface area contributed by atoms with Crippen molar-refractivity contribution in [3.63, 3.8) is 0 Å². The number of nitrogens with one attached hydrogen (secondary N) is 2. The number of hydrogen-bond acceptors (Lipinski definition) is 4. The quantitative estimate of drug-likeness (QED) is 0.692. The normalized spacial score (nSPS) is 18.9. The molecule has 0 unspecified atom stereocenters. The summed E-state index contributed by atoms with van der Waals surface area (Å²) in [7, 11) is 0. The number of thioether (sulfide) groups is 1. The minimum absolute atomic E-state index is 0.158. The van der Waals surface area contributed by atoms with Crippen LogP contribution in [0.2, 0.25) is 0 Å². The van der Waals surface area contributed by atoms with Crippen molar-refractivity contribution in [3.05, 3.63) is 23.8 Å². The maximum Gasteiger partial charge on any atom is 0.279 e. The van der Waals surface area contributed by atoms with Crippen molar-refractivity contribution in [2.75, 3.05) is 16.8 Å². The van der Waals surface area contributed by atoms with E-state index in [0.29, 0.717) is 17.1 Å². The zero-order valence-electron chi connectivity index (χ0n) is 9.32. The summed E-state index contributed by atoms with van der Waals surface area (Å²) in [6.45, 7) is 1.89. The topological polar surface area (TPSA) is 84.2 Å². The van der Waals surface area contributed by atoms with Gasteiger partial charge >= 0.3 is 0 Å². The molecule has 1 atom stereocenters. The highest BCUT2D eigenvalue weighted by Crippen LogP contribution is 2.20. The third kappa shape index (κ3) is 2.71. The molecular formula is C11H13N3O2S. The Bertz CT molecular complexity index is 476. The summed E-state index contributed by atoms with van der Waals surface area (Å²) in [5.74, 6) is 0.253. The first-order chi connectivity index (χ1) is 8.06. The summed E-state index contributed by atoms with van der Waals surface area (Å²) in [5.41, 5.74) is 7.86. The number of hydrogen-bond donors (Lipinski definition) is 3. The Hall–Kier alpha value is -1.69. The SMILES string of the molecule is Cc1ccc(N)cc1NC(=O)[C@@H]1CSC(=O)N1. The molecule has 0 radical (unpaired) electrons. The van der Waals surface area contributed by atoms with Crippen molar-refractivity contribution in [2.24, 2.45) is 0 Å². The van der Waals surface area contributed by atoms with Gasteiger partial charge in [0, 0.05) is 17.1 Å². The van der Waals surface area contributed by atoms with Gasteiger partial charge in [-0.2, -0.15) is 0 Å². The summed E-state index contributed by atoms with van der Waals surface area (Å²) in [6, 6.07) is 4.86. The molecule has 0 spiro atoms. The van der Waals surface area contributed by atoms with Crippen LogP contribution >= 0.6 is 11.8 Å². The van der Waals surface area contributed by atoms with Crippen molar-refractivity contribution in [1.82, 2.24) is 5.32 Å². The van der Waals surface area contributed by atoms with E-state index >= 15 is 0 Å². The fourth-order valence-electron chi connectivity index (χ4n) is 1.52. The molecule has 0 bridgehead atoms. The molecule has 2 rings (SSSR count). The summed E-state index contributed by atoms with van der Waals surface area (Å²) < 4.78 is 0. The number of benzene rings is 1. The highest BCUT2D eigenvalue weighted by molar-refractivity contribution is 8.14. The molecule has 1 heterocycles. The first-order valence-electron chi connectivity index (χ1n) is 5.16. The van der Waals surface area contributed by atoms with Gasteiger partial charge in [0.25, 0.3) is 5.24 Å². The number of amides is 2. The monoisotopic (exact) mass is 251 g/mol. The number of carbonyl (C=O) groups is 2. The van der Waals surface area contributed by atoms with Crippen LogP contribution in [0, 0.1) is 6.92 Å². The van der Waals surface area contributed by atoms with Gasteiger partial charge in [-0.1, -0.05) is 17.8 Å². The van der Waals surface area contributed by atoms with E-state index in [9.17, 15) is 9.59 Å². The van der Waals surface area contributed by atoms with Crippen LogP contribution < -0.4 is 16.4 Å². The number of rotatable bonds is 2. The zero-order valence-corrected chi connectivity index (χ0v) is 10.1. The molecule has 1 aromatic rings. The van der Waals surface area contributed by atoms with Crippen molar-refractivity contribution in [3.8, 4) is 0 Å². The second-order valence-corrected chi connectivity index (χ2v) is 4.85. The Morgan fingerprint density at radius 2 is 2.35 bits per heavy atom. The fourth-order valence-corrected chi connectivity index (χ4v) is 2.30. The molecule has 5 nitrogen and oxygen atoms in total. The van der Waals surface area contributed by atoms with Gasteiger partial charge in [0.05, 0.1) is 0 Å². The van der Waals surface area contributed by atoms with Gasteiger partial charge in [-0.05, 0) is 24.6 Å². The van der Waals surface area contributed by atoms with E-state index in [1.807, 2.05) is 13.0 Å². The predicted octanol–water partition coefficient (Wildman–Crippen LogP) is 1.34. The van der Waals surface area contributed by atoms with E-state index < -0.39 is 6.04 Å². The predicted molar refractivity (Wildman–Crippen MR) is 69.0 cm³/mol. The Morgan fingerprint density at radius 1 is 1.59 bits per heavy atom. The largest absolute Gasteiger partial charge is 0.399 e. The number of nitrogen functional groups attached to an aromatic ring is 1. The lowest BCUT2D eigenvalue weighted by atomic mass is 10.1. The van der Waals surface area contributed by atoms with Crippen molar-refractivity contribution in [2.45, 2.75) is 13.0 Å². The standard InChI is InChI=1S/C11H13N3O2S/c1-6-2-3-7(12)4-8(6)13-10(15)9-5-17-11(16)14-9/h2-4,9H,5,12H2,1H3,(H,13,15)(H,14,16)/t9-/m0/s1. The molecule has 17 heavy (non-hydrogen) atoms. The molecule has 1 aliphatic heterocycles. The van der Waals surface area contributed by atoms with Gasteiger partial charge < -0.3 is 16.4 Å². The lowest BCUT2D eigenvalue weighted by Crippen LogP contribution is -2.38. The first kappa shape index (κ1) is 11.8. The average molecular weight is 251 g/mol. The Balaban J connectivity index is 2.07. The van der Waals surface area contributed by atoms with E-state index in [1.54, 1.807) is 12.1 Å². The van der Waals surface area contributed by atoms with E-state index in [4.69, 9.17) is 5.73 Å². The molecule has 4 N–H and O–H groups in total. The van der Waals surface area contributed by atoms with Crippen LogP contribution in [0.1, 0.15) is 5.56 Å². The van der Waals surface area contributed by atoms with E-state index in [2.05, 4.69) is 10.6 Å². The highest BCUT2D eigenvalue weighted by atomic mass is 32.2. The molecule has 1 saturated heterocycles. The van der Waals surface area contributed by atoms with Gasteiger partial charge in [0.1, 0.15) is 6.04 Å². The van der Waals surface area contributed by atoms with Crippen molar-refractivity contribution < 1.29 is 9.59 Å². The van der Waals surface area contributed by atoms with Gasteiger partial charge in [0.15, 0.2) is 0 Å². The Labute approximate surface area is 103 Å². The van der Waals surface area contributed by atoms with Crippen LogP contribution in [0.25, 0.3) is 0 Å². The maximum atomic E-state index is 11.8. The molecule has 0 saturated carbocycles. The molecule has 90 valence electrons. The lowest BCUT2D eigenvalue weighted by molar-refractivity contribution is -0.117. The zero-order chi connectivity index (χ0) is 12.4. The molecule has 1 fully saturated rings. The van der Waals surface area contributed by atoms with Crippen molar-refractivity contribution >= 4 is 34.3 Å². The van der Waals surface area contributed by atoms with Crippen LogP contribution in [0.3, 0.4) is 0 Å². The van der Waals surface area contributed by atoms with Gasteiger partial charge in [-0.25, -0.2) is 0 Å². The summed E-state index contributed by atoms with van der Waals surface area (Å²) in [6.07, 6.45) is 0. The average Bonchev–Trinajstić information content (AvgIpc) is 2.70. The number of aryl methyl sites for hydroxylation is 1. The van der Waals surface area contributed by atoms with Crippen LogP contribution in [-0.4, -0.2) is 22.9 Å². The molecule has 1 aromatic carbocycles. The third-order valence-electron chi connectivity index (χ3n) is 2.51. The summed E-state index contributed by atoms with van der Waals surface area (Å²) >= 11 is 1.12. The molecular weight excluding hydrogens is 238 g/mol. The van der Waals surface area contributed by atoms with Gasteiger partial charge in [-0.15, -0.1) is 0 Å². The molecule has 0 aromatic heterocycles. The maximum absolute atomic E-state index is 11.8.